The molecule has 0 aromatic carbocycles. The lowest BCUT2D eigenvalue weighted by Crippen LogP contribution is -2.46. The topological polar surface area (TPSA) is 43.0 Å². The molecular weight excluding hydrogens is 240 g/mol. The summed E-state index contributed by atoms with van der Waals surface area (Å²) in [5.41, 5.74) is 0. The summed E-state index contributed by atoms with van der Waals surface area (Å²) in [5.74, 6) is 5.63. The number of rotatable bonds is 4. The molecular formula is C11H18N2O3S. The van der Waals surface area contributed by atoms with Gasteiger partial charge in [-0.3, -0.25) is 0 Å². The molecule has 0 unspecified atom stereocenters. The molecule has 0 radical (unpaired) electrons. The van der Waals surface area contributed by atoms with Crippen LogP contribution in [0.3, 0.4) is 0 Å². The van der Waals surface area contributed by atoms with Gasteiger partial charge in [0.1, 0.15) is 19.9 Å². The van der Waals surface area contributed by atoms with Crippen molar-refractivity contribution in [3.63, 3.8) is 0 Å². The van der Waals surface area contributed by atoms with Gasteiger partial charge in [0.25, 0.3) is 0 Å². The molecule has 17 heavy (non-hydrogen) atoms. The third kappa shape index (κ3) is 6.44. The number of hydrogen-bond acceptors (Lipinski definition) is 4. The van der Waals surface area contributed by atoms with Gasteiger partial charge in [-0.15, -0.1) is 0 Å². The SMILES string of the molecule is COCC#CCOCNC(=S)N1CCOCC1. The van der Waals surface area contributed by atoms with E-state index in [4.69, 9.17) is 26.4 Å². The third-order valence-electron chi connectivity index (χ3n) is 2.14. The lowest BCUT2D eigenvalue weighted by Gasteiger charge is -2.29. The number of nitrogens with one attached hydrogen (secondary N) is 1. The zero-order valence-corrected chi connectivity index (χ0v) is 10.8. The van der Waals surface area contributed by atoms with Crippen molar-refractivity contribution >= 4 is 17.3 Å². The predicted molar refractivity (Wildman–Crippen MR) is 68.6 cm³/mol. The molecule has 0 saturated carbocycles. The van der Waals surface area contributed by atoms with E-state index in [1.54, 1.807) is 7.11 Å². The van der Waals surface area contributed by atoms with Crippen LogP contribution in [0.4, 0.5) is 0 Å². The standard InChI is InChI=1S/C11H18N2O3S/c1-14-6-2-3-7-16-10-12-11(17)13-4-8-15-9-5-13/h4-10H2,1H3,(H,12,17). The number of nitrogens with zero attached hydrogens (tertiary/aromatic N) is 1. The van der Waals surface area contributed by atoms with Gasteiger partial charge >= 0.3 is 0 Å². The van der Waals surface area contributed by atoms with Gasteiger partial charge < -0.3 is 24.4 Å². The van der Waals surface area contributed by atoms with E-state index in [0.717, 1.165) is 26.3 Å². The highest BCUT2D eigenvalue weighted by Gasteiger charge is 2.12. The van der Waals surface area contributed by atoms with Crippen molar-refractivity contribution in [2.75, 3.05) is 53.4 Å². The van der Waals surface area contributed by atoms with E-state index in [2.05, 4.69) is 22.1 Å². The molecule has 1 saturated heterocycles. The second kappa shape index (κ2) is 9.19. The van der Waals surface area contributed by atoms with E-state index in [0.29, 0.717) is 25.1 Å². The third-order valence-corrected chi connectivity index (χ3v) is 2.54. The van der Waals surface area contributed by atoms with Gasteiger partial charge in [0.15, 0.2) is 5.11 Å². The van der Waals surface area contributed by atoms with Crippen molar-refractivity contribution in [1.82, 2.24) is 10.2 Å². The molecule has 0 aromatic heterocycles. The Balaban J connectivity index is 2.02. The lowest BCUT2D eigenvalue weighted by atomic mass is 10.4. The van der Waals surface area contributed by atoms with Crippen molar-refractivity contribution in [3.05, 3.63) is 0 Å². The van der Waals surface area contributed by atoms with Crippen LogP contribution in [0, 0.1) is 11.8 Å². The maximum atomic E-state index is 5.26. The maximum absolute atomic E-state index is 5.26. The Morgan fingerprint density at radius 3 is 2.76 bits per heavy atom. The van der Waals surface area contributed by atoms with E-state index in [-0.39, 0.29) is 0 Å². The zero-order chi connectivity index (χ0) is 12.3. The summed E-state index contributed by atoms with van der Waals surface area (Å²) in [5, 5.41) is 3.73. The number of hydrogen-bond donors (Lipinski definition) is 1. The molecule has 5 nitrogen and oxygen atoms in total. The Labute approximate surface area is 107 Å². The zero-order valence-electron chi connectivity index (χ0n) is 10.0. The second-order valence-corrected chi connectivity index (χ2v) is 3.75. The van der Waals surface area contributed by atoms with Gasteiger partial charge in [0.2, 0.25) is 0 Å². The summed E-state index contributed by atoms with van der Waals surface area (Å²) in [6.45, 7) is 4.30. The molecule has 1 aliphatic heterocycles. The van der Waals surface area contributed by atoms with E-state index in [1.807, 2.05) is 0 Å². The summed E-state index contributed by atoms with van der Waals surface area (Å²) in [7, 11) is 1.61. The highest BCUT2D eigenvalue weighted by molar-refractivity contribution is 7.80. The van der Waals surface area contributed by atoms with Crippen molar-refractivity contribution in [1.29, 1.82) is 0 Å². The van der Waals surface area contributed by atoms with Crippen LogP contribution in [-0.4, -0.2) is 63.4 Å². The molecule has 0 amide bonds. The Morgan fingerprint density at radius 2 is 2.06 bits per heavy atom. The van der Waals surface area contributed by atoms with E-state index >= 15 is 0 Å². The molecule has 0 aliphatic carbocycles. The van der Waals surface area contributed by atoms with Crippen LogP contribution in [0.25, 0.3) is 0 Å². The molecule has 0 spiro atoms. The van der Waals surface area contributed by atoms with E-state index in [9.17, 15) is 0 Å². The van der Waals surface area contributed by atoms with E-state index < -0.39 is 0 Å². The Kier molecular flexibility index (Phi) is 7.67. The Hall–Kier alpha value is -0.870. The first-order valence-corrected chi connectivity index (χ1v) is 5.88. The summed E-state index contributed by atoms with van der Waals surface area (Å²) in [6, 6.07) is 0. The molecule has 1 heterocycles. The molecule has 1 N–H and O–H groups in total. The number of thiocarbonyl (C=S) groups is 1. The van der Waals surface area contributed by atoms with Gasteiger partial charge in [-0.2, -0.15) is 0 Å². The van der Waals surface area contributed by atoms with E-state index in [1.165, 1.54) is 0 Å². The fraction of sp³-hybridized carbons (Fsp3) is 0.727. The first kappa shape index (κ1) is 14.2. The Bertz CT molecular complexity index is 282. The normalized spacial score (nSPS) is 15.0. The van der Waals surface area contributed by atoms with Gasteiger partial charge in [0.05, 0.1) is 13.2 Å². The first-order valence-electron chi connectivity index (χ1n) is 5.47. The molecule has 96 valence electrons. The average Bonchev–Trinajstić information content (AvgIpc) is 2.38. The summed E-state index contributed by atoms with van der Waals surface area (Å²) < 4.78 is 15.3. The molecule has 0 aromatic rings. The van der Waals surface area contributed by atoms with Gasteiger partial charge in [-0.1, -0.05) is 11.8 Å². The molecule has 0 bridgehead atoms. The highest BCUT2D eigenvalue weighted by atomic mass is 32.1. The fourth-order valence-electron chi connectivity index (χ4n) is 1.27. The minimum absolute atomic E-state index is 0.373. The van der Waals surface area contributed by atoms with Gasteiger partial charge in [-0.05, 0) is 12.2 Å². The van der Waals surface area contributed by atoms with Crippen LogP contribution in [0.2, 0.25) is 0 Å². The lowest BCUT2D eigenvalue weighted by molar-refractivity contribution is 0.0659. The van der Waals surface area contributed by atoms with Gasteiger partial charge in [-0.25, -0.2) is 0 Å². The fourth-order valence-corrected chi connectivity index (χ4v) is 1.51. The molecule has 1 aliphatic rings. The predicted octanol–water partition coefficient (Wildman–Crippen LogP) is -0.183. The van der Waals surface area contributed by atoms with Crippen molar-refractivity contribution < 1.29 is 14.2 Å². The molecule has 1 fully saturated rings. The quantitative estimate of drug-likeness (QED) is 0.326. The van der Waals surface area contributed by atoms with Crippen molar-refractivity contribution in [2.24, 2.45) is 0 Å². The summed E-state index contributed by atoms with van der Waals surface area (Å²) >= 11 is 5.22. The average molecular weight is 258 g/mol. The molecule has 1 rings (SSSR count). The number of methoxy groups -OCH3 is 1. The minimum atomic E-state index is 0.373. The monoisotopic (exact) mass is 258 g/mol. The minimum Gasteiger partial charge on any atom is -0.378 e. The smallest absolute Gasteiger partial charge is 0.170 e. The van der Waals surface area contributed by atoms with Crippen LogP contribution in [0.5, 0.6) is 0 Å². The van der Waals surface area contributed by atoms with Crippen LogP contribution < -0.4 is 5.32 Å². The summed E-state index contributed by atoms with van der Waals surface area (Å²) in [6.07, 6.45) is 0. The number of ether oxygens (including phenoxy) is 3. The van der Waals surface area contributed by atoms with Crippen molar-refractivity contribution in [3.8, 4) is 11.8 Å². The Morgan fingerprint density at radius 1 is 1.35 bits per heavy atom. The number of morpholine rings is 1. The summed E-state index contributed by atoms with van der Waals surface area (Å²) in [4.78, 5) is 2.07. The van der Waals surface area contributed by atoms with Crippen LogP contribution in [0.1, 0.15) is 0 Å². The molecule has 0 atom stereocenters. The largest absolute Gasteiger partial charge is 0.378 e. The van der Waals surface area contributed by atoms with Crippen LogP contribution in [-0.2, 0) is 14.2 Å². The second-order valence-electron chi connectivity index (χ2n) is 3.36. The highest BCUT2D eigenvalue weighted by Crippen LogP contribution is 1.96. The van der Waals surface area contributed by atoms with Gasteiger partial charge in [0, 0.05) is 20.2 Å². The van der Waals surface area contributed by atoms with Crippen LogP contribution >= 0.6 is 12.2 Å². The maximum Gasteiger partial charge on any atom is 0.170 e. The van der Waals surface area contributed by atoms with Crippen molar-refractivity contribution in [2.45, 2.75) is 0 Å². The molecule has 6 heteroatoms. The first-order chi connectivity index (χ1) is 8.34. The van der Waals surface area contributed by atoms with Crippen LogP contribution in [0.15, 0.2) is 0 Å².